The summed E-state index contributed by atoms with van der Waals surface area (Å²) >= 11 is 0. The maximum absolute atomic E-state index is 11.9. The molecule has 16 heavy (non-hydrogen) atoms. The summed E-state index contributed by atoms with van der Waals surface area (Å²) in [6.45, 7) is 2.22. The number of rotatable bonds is 7. The fourth-order valence-corrected chi connectivity index (χ4v) is 2.55. The maximum atomic E-state index is 11.9. The van der Waals surface area contributed by atoms with Crippen molar-refractivity contribution in [1.82, 2.24) is 0 Å². The Labute approximate surface area is 100.0 Å². The summed E-state index contributed by atoms with van der Waals surface area (Å²) in [5, 5.41) is 0. The fraction of sp³-hybridized carbons (Fsp3) is 0.929. The number of carbonyl (C=O) groups excluding carboxylic acids is 1. The number of unbranched alkanes of at least 4 members (excludes halogenated alkanes) is 4. The van der Waals surface area contributed by atoms with E-state index in [0.29, 0.717) is 17.7 Å². The van der Waals surface area contributed by atoms with Crippen molar-refractivity contribution in [2.75, 3.05) is 0 Å². The molecule has 1 aliphatic rings. The quantitative estimate of drug-likeness (QED) is 0.674. The first-order chi connectivity index (χ1) is 7.74. The van der Waals surface area contributed by atoms with Crippen LogP contribution in [0.15, 0.2) is 0 Å². The Balaban J connectivity index is 2.06. The summed E-state index contributed by atoms with van der Waals surface area (Å²) in [6, 6.07) is 0.355. The number of nitrogens with two attached hydrogens (primary N) is 1. The van der Waals surface area contributed by atoms with Crippen LogP contribution in [0.3, 0.4) is 0 Å². The molecule has 0 radical (unpaired) electrons. The first-order valence-corrected chi connectivity index (χ1v) is 7.02. The summed E-state index contributed by atoms with van der Waals surface area (Å²) in [7, 11) is 0. The van der Waals surface area contributed by atoms with E-state index in [9.17, 15) is 4.79 Å². The minimum atomic E-state index is 0.339. The van der Waals surface area contributed by atoms with Crippen molar-refractivity contribution in [3.63, 3.8) is 0 Å². The number of hydrogen-bond acceptors (Lipinski definition) is 2. The largest absolute Gasteiger partial charge is 0.328 e. The lowest BCUT2D eigenvalue weighted by Crippen LogP contribution is -2.29. The fourth-order valence-electron chi connectivity index (χ4n) is 2.55. The van der Waals surface area contributed by atoms with Gasteiger partial charge in [0.25, 0.3) is 0 Å². The second-order valence-electron chi connectivity index (χ2n) is 5.24. The Bertz CT molecular complexity index is 195. The highest BCUT2D eigenvalue weighted by Crippen LogP contribution is 2.25. The molecule has 0 heterocycles. The summed E-state index contributed by atoms with van der Waals surface area (Å²) in [6.07, 6.45) is 11.2. The third-order valence-electron chi connectivity index (χ3n) is 3.75. The van der Waals surface area contributed by atoms with Crippen LogP contribution in [-0.2, 0) is 4.79 Å². The predicted octanol–water partition coefficient (Wildman–Crippen LogP) is 3.43. The molecule has 1 saturated carbocycles. The lowest BCUT2D eigenvalue weighted by molar-refractivity contribution is -0.123. The lowest BCUT2D eigenvalue weighted by Gasteiger charge is -2.24. The third-order valence-corrected chi connectivity index (χ3v) is 3.75. The van der Waals surface area contributed by atoms with E-state index in [0.717, 1.165) is 38.5 Å². The van der Waals surface area contributed by atoms with Crippen LogP contribution in [0.4, 0.5) is 0 Å². The zero-order chi connectivity index (χ0) is 11.8. The normalized spacial score (nSPS) is 25.6. The molecule has 0 spiro atoms. The molecule has 1 aliphatic carbocycles. The van der Waals surface area contributed by atoms with Crippen molar-refractivity contribution >= 4 is 5.78 Å². The van der Waals surface area contributed by atoms with Crippen LogP contribution in [0.1, 0.15) is 71.1 Å². The van der Waals surface area contributed by atoms with Gasteiger partial charge >= 0.3 is 0 Å². The number of carbonyl (C=O) groups is 1. The SMILES string of the molecule is CCCCCCCC(=O)C1CCC(N)CC1. The van der Waals surface area contributed by atoms with Crippen LogP contribution in [0.5, 0.6) is 0 Å². The molecule has 0 unspecified atom stereocenters. The van der Waals surface area contributed by atoms with Gasteiger partial charge in [-0.05, 0) is 32.1 Å². The Hall–Kier alpha value is -0.370. The molecule has 2 nitrogen and oxygen atoms in total. The van der Waals surface area contributed by atoms with Crippen LogP contribution in [0, 0.1) is 5.92 Å². The second-order valence-corrected chi connectivity index (χ2v) is 5.24. The molecule has 0 saturated heterocycles. The third kappa shape index (κ3) is 5.11. The summed E-state index contributed by atoms with van der Waals surface area (Å²) in [5.41, 5.74) is 5.84. The van der Waals surface area contributed by atoms with Crippen LogP contribution in [-0.4, -0.2) is 11.8 Å². The molecule has 0 amide bonds. The summed E-state index contributed by atoms with van der Waals surface area (Å²) in [4.78, 5) is 11.9. The van der Waals surface area contributed by atoms with Crippen molar-refractivity contribution < 1.29 is 4.79 Å². The molecule has 0 atom stereocenters. The van der Waals surface area contributed by atoms with Gasteiger partial charge in [-0.2, -0.15) is 0 Å². The molecule has 1 fully saturated rings. The van der Waals surface area contributed by atoms with E-state index in [1.165, 1.54) is 25.7 Å². The van der Waals surface area contributed by atoms with Crippen LogP contribution >= 0.6 is 0 Å². The molecular weight excluding hydrogens is 198 g/mol. The summed E-state index contributed by atoms with van der Waals surface area (Å²) in [5.74, 6) is 0.842. The van der Waals surface area contributed by atoms with Gasteiger partial charge in [0.2, 0.25) is 0 Å². The monoisotopic (exact) mass is 225 g/mol. The molecular formula is C14H27NO. The van der Waals surface area contributed by atoms with Gasteiger partial charge in [0.1, 0.15) is 5.78 Å². The smallest absolute Gasteiger partial charge is 0.135 e. The molecule has 2 heteroatoms. The van der Waals surface area contributed by atoms with E-state index < -0.39 is 0 Å². The van der Waals surface area contributed by atoms with Gasteiger partial charge in [-0.1, -0.05) is 32.6 Å². The van der Waals surface area contributed by atoms with Crippen LogP contribution in [0.25, 0.3) is 0 Å². The van der Waals surface area contributed by atoms with Crippen molar-refractivity contribution in [1.29, 1.82) is 0 Å². The Kier molecular flexibility index (Phi) is 6.70. The van der Waals surface area contributed by atoms with Gasteiger partial charge in [0, 0.05) is 18.4 Å². The van der Waals surface area contributed by atoms with Crippen LogP contribution in [0.2, 0.25) is 0 Å². The zero-order valence-corrected chi connectivity index (χ0v) is 10.7. The first-order valence-electron chi connectivity index (χ1n) is 7.02. The van der Waals surface area contributed by atoms with Gasteiger partial charge in [-0.15, -0.1) is 0 Å². The Morgan fingerprint density at radius 3 is 2.31 bits per heavy atom. The zero-order valence-electron chi connectivity index (χ0n) is 10.7. The van der Waals surface area contributed by atoms with Gasteiger partial charge in [-0.25, -0.2) is 0 Å². The predicted molar refractivity (Wildman–Crippen MR) is 68.3 cm³/mol. The van der Waals surface area contributed by atoms with Crippen molar-refractivity contribution in [2.24, 2.45) is 11.7 Å². The van der Waals surface area contributed by atoms with E-state index in [1.807, 2.05) is 0 Å². The average molecular weight is 225 g/mol. The molecule has 2 N–H and O–H groups in total. The van der Waals surface area contributed by atoms with Crippen LogP contribution < -0.4 is 5.73 Å². The Morgan fingerprint density at radius 1 is 1.06 bits per heavy atom. The second kappa shape index (κ2) is 7.83. The molecule has 1 rings (SSSR count). The molecule has 94 valence electrons. The minimum Gasteiger partial charge on any atom is -0.328 e. The van der Waals surface area contributed by atoms with Gasteiger partial charge < -0.3 is 5.73 Å². The number of ketones is 1. The number of Topliss-reactive ketones (excluding diaryl/α,β-unsaturated/α-hetero) is 1. The molecule has 0 aromatic carbocycles. The van der Waals surface area contributed by atoms with Crippen molar-refractivity contribution in [3.8, 4) is 0 Å². The Morgan fingerprint density at radius 2 is 1.69 bits per heavy atom. The van der Waals surface area contributed by atoms with E-state index in [-0.39, 0.29) is 0 Å². The molecule has 0 aromatic heterocycles. The minimum absolute atomic E-state index is 0.339. The highest BCUT2D eigenvalue weighted by molar-refractivity contribution is 5.81. The van der Waals surface area contributed by atoms with E-state index in [2.05, 4.69) is 6.92 Å². The molecule has 0 aliphatic heterocycles. The van der Waals surface area contributed by atoms with E-state index in [1.54, 1.807) is 0 Å². The highest BCUT2D eigenvalue weighted by Gasteiger charge is 2.23. The maximum Gasteiger partial charge on any atom is 0.135 e. The molecule has 0 bridgehead atoms. The number of hydrogen-bond donors (Lipinski definition) is 1. The van der Waals surface area contributed by atoms with Gasteiger partial charge in [-0.3, -0.25) is 4.79 Å². The topological polar surface area (TPSA) is 43.1 Å². The van der Waals surface area contributed by atoms with Crippen molar-refractivity contribution in [2.45, 2.75) is 77.2 Å². The lowest BCUT2D eigenvalue weighted by atomic mass is 9.82. The highest BCUT2D eigenvalue weighted by atomic mass is 16.1. The molecule has 0 aromatic rings. The van der Waals surface area contributed by atoms with Gasteiger partial charge in [0.05, 0.1) is 0 Å². The van der Waals surface area contributed by atoms with E-state index >= 15 is 0 Å². The average Bonchev–Trinajstić information content (AvgIpc) is 2.29. The summed E-state index contributed by atoms with van der Waals surface area (Å²) < 4.78 is 0. The van der Waals surface area contributed by atoms with Gasteiger partial charge in [0.15, 0.2) is 0 Å². The van der Waals surface area contributed by atoms with E-state index in [4.69, 9.17) is 5.73 Å². The van der Waals surface area contributed by atoms with Crippen molar-refractivity contribution in [3.05, 3.63) is 0 Å². The first kappa shape index (κ1) is 13.7. The standard InChI is InChI=1S/C14H27NO/c1-2-3-4-5-6-7-14(16)12-8-10-13(15)11-9-12/h12-13H,2-11,15H2,1H3.